The van der Waals surface area contributed by atoms with E-state index in [0.29, 0.717) is 6.42 Å². The van der Waals surface area contributed by atoms with Crippen molar-refractivity contribution in [1.29, 1.82) is 0 Å². The SMILES string of the molecule is CCC(=O)C(C)n1c(-c2ccccc2)cc2ccccc21. The van der Waals surface area contributed by atoms with Crippen LogP contribution >= 0.6 is 0 Å². The Kier molecular flexibility index (Phi) is 3.61. The van der Waals surface area contributed by atoms with Gasteiger partial charge in [0.15, 0.2) is 5.78 Å². The Morgan fingerprint density at radius 2 is 1.71 bits per heavy atom. The van der Waals surface area contributed by atoms with Crippen molar-refractivity contribution in [2.75, 3.05) is 0 Å². The molecule has 0 amide bonds. The molecule has 0 spiro atoms. The highest BCUT2D eigenvalue weighted by atomic mass is 16.1. The van der Waals surface area contributed by atoms with E-state index in [1.807, 2.05) is 44.2 Å². The van der Waals surface area contributed by atoms with Crippen LogP contribution in [0.2, 0.25) is 0 Å². The van der Waals surface area contributed by atoms with E-state index in [4.69, 9.17) is 0 Å². The third-order valence-electron chi connectivity index (χ3n) is 4.02. The summed E-state index contributed by atoms with van der Waals surface area (Å²) in [5.41, 5.74) is 3.36. The molecule has 1 unspecified atom stereocenters. The van der Waals surface area contributed by atoms with Gasteiger partial charge >= 0.3 is 0 Å². The Bertz CT molecular complexity index is 771. The molecule has 0 saturated heterocycles. The average Bonchev–Trinajstić information content (AvgIpc) is 2.93. The molecule has 0 aliphatic carbocycles. The maximum absolute atomic E-state index is 12.2. The second kappa shape index (κ2) is 5.57. The highest BCUT2D eigenvalue weighted by Gasteiger charge is 2.19. The van der Waals surface area contributed by atoms with Crippen molar-refractivity contribution in [2.24, 2.45) is 0 Å². The topological polar surface area (TPSA) is 22.0 Å². The monoisotopic (exact) mass is 277 g/mol. The summed E-state index contributed by atoms with van der Waals surface area (Å²) >= 11 is 0. The number of aromatic nitrogens is 1. The van der Waals surface area contributed by atoms with Gasteiger partial charge in [-0.15, -0.1) is 0 Å². The zero-order chi connectivity index (χ0) is 14.8. The summed E-state index contributed by atoms with van der Waals surface area (Å²) in [6.45, 7) is 3.91. The fraction of sp³-hybridized carbons (Fsp3) is 0.211. The minimum Gasteiger partial charge on any atom is -0.330 e. The third kappa shape index (κ3) is 2.38. The zero-order valence-corrected chi connectivity index (χ0v) is 12.4. The molecule has 1 aromatic heterocycles. The fourth-order valence-corrected chi connectivity index (χ4v) is 2.86. The summed E-state index contributed by atoms with van der Waals surface area (Å²) < 4.78 is 2.16. The maximum atomic E-state index is 12.2. The third-order valence-corrected chi connectivity index (χ3v) is 4.02. The van der Waals surface area contributed by atoms with Gasteiger partial charge in [0, 0.05) is 23.0 Å². The van der Waals surface area contributed by atoms with E-state index in [-0.39, 0.29) is 11.8 Å². The first-order valence-corrected chi connectivity index (χ1v) is 7.40. The van der Waals surface area contributed by atoms with Gasteiger partial charge in [0.1, 0.15) is 0 Å². The molecule has 0 bridgehead atoms. The highest BCUT2D eigenvalue weighted by molar-refractivity contribution is 5.91. The van der Waals surface area contributed by atoms with Crippen LogP contribution in [0.15, 0.2) is 60.7 Å². The number of rotatable bonds is 4. The van der Waals surface area contributed by atoms with Gasteiger partial charge in [-0.25, -0.2) is 0 Å². The van der Waals surface area contributed by atoms with E-state index in [2.05, 4.69) is 34.9 Å². The molecular weight excluding hydrogens is 258 g/mol. The quantitative estimate of drug-likeness (QED) is 0.668. The average molecular weight is 277 g/mol. The Balaban J connectivity index is 2.26. The molecule has 21 heavy (non-hydrogen) atoms. The summed E-state index contributed by atoms with van der Waals surface area (Å²) in [5.74, 6) is 0.258. The maximum Gasteiger partial charge on any atom is 0.155 e. The molecule has 0 aliphatic rings. The van der Waals surface area contributed by atoms with Gasteiger partial charge in [-0.1, -0.05) is 55.5 Å². The van der Waals surface area contributed by atoms with E-state index in [9.17, 15) is 4.79 Å². The first kappa shape index (κ1) is 13.6. The first-order chi connectivity index (χ1) is 10.2. The lowest BCUT2D eigenvalue weighted by Gasteiger charge is -2.17. The number of para-hydroxylation sites is 1. The van der Waals surface area contributed by atoms with Crippen molar-refractivity contribution in [3.05, 3.63) is 60.7 Å². The van der Waals surface area contributed by atoms with Crippen LogP contribution in [0.25, 0.3) is 22.2 Å². The second-order valence-electron chi connectivity index (χ2n) is 5.32. The number of hydrogen-bond donors (Lipinski definition) is 0. The summed E-state index contributed by atoms with van der Waals surface area (Å²) in [6, 6.07) is 20.5. The van der Waals surface area contributed by atoms with Crippen LogP contribution in [-0.2, 0) is 4.79 Å². The molecule has 0 saturated carbocycles. The summed E-state index contributed by atoms with van der Waals surface area (Å²) in [4.78, 5) is 12.2. The van der Waals surface area contributed by atoms with Crippen LogP contribution in [0.5, 0.6) is 0 Å². The standard InChI is InChI=1S/C19H19NO/c1-3-19(21)14(2)20-17-12-8-7-11-16(17)13-18(20)15-9-5-4-6-10-15/h4-14H,3H2,1-2H3. The Hall–Kier alpha value is -2.35. The van der Waals surface area contributed by atoms with E-state index in [1.165, 1.54) is 5.39 Å². The highest BCUT2D eigenvalue weighted by Crippen LogP contribution is 2.31. The molecule has 2 heteroatoms. The van der Waals surface area contributed by atoms with Crippen LogP contribution in [-0.4, -0.2) is 10.4 Å². The van der Waals surface area contributed by atoms with E-state index < -0.39 is 0 Å². The van der Waals surface area contributed by atoms with Crippen molar-refractivity contribution in [3.8, 4) is 11.3 Å². The van der Waals surface area contributed by atoms with Crippen molar-refractivity contribution in [3.63, 3.8) is 0 Å². The van der Waals surface area contributed by atoms with Crippen molar-refractivity contribution >= 4 is 16.7 Å². The minimum atomic E-state index is -0.148. The number of benzene rings is 2. The van der Waals surface area contributed by atoms with Crippen LogP contribution in [0.1, 0.15) is 26.3 Å². The molecular formula is C19H19NO. The molecule has 2 aromatic carbocycles. The van der Waals surface area contributed by atoms with Crippen LogP contribution in [0, 0.1) is 0 Å². The minimum absolute atomic E-state index is 0.148. The summed E-state index contributed by atoms with van der Waals surface area (Å²) in [7, 11) is 0. The van der Waals surface area contributed by atoms with Gasteiger partial charge in [-0.05, 0) is 24.6 Å². The predicted octanol–water partition coefficient (Wildman–Crippen LogP) is 4.85. The lowest BCUT2D eigenvalue weighted by molar-refractivity contribution is -0.121. The van der Waals surface area contributed by atoms with Gasteiger partial charge in [-0.3, -0.25) is 4.79 Å². The van der Waals surface area contributed by atoms with Crippen LogP contribution in [0.3, 0.4) is 0 Å². The Morgan fingerprint density at radius 1 is 1.05 bits per heavy atom. The summed E-state index contributed by atoms with van der Waals surface area (Å²) in [5, 5.41) is 1.17. The van der Waals surface area contributed by atoms with Gasteiger partial charge < -0.3 is 4.57 Å². The van der Waals surface area contributed by atoms with E-state index in [0.717, 1.165) is 16.8 Å². The Morgan fingerprint density at radius 3 is 2.43 bits per heavy atom. The van der Waals surface area contributed by atoms with Gasteiger partial charge in [0.05, 0.1) is 6.04 Å². The molecule has 3 rings (SSSR count). The molecule has 0 radical (unpaired) electrons. The first-order valence-electron chi connectivity index (χ1n) is 7.40. The summed E-state index contributed by atoms with van der Waals surface area (Å²) in [6.07, 6.45) is 0.557. The van der Waals surface area contributed by atoms with E-state index >= 15 is 0 Å². The molecule has 3 aromatic rings. The molecule has 1 heterocycles. The Labute approximate surface area is 125 Å². The number of carbonyl (C=O) groups excluding carboxylic acids is 1. The smallest absolute Gasteiger partial charge is 0.155 e. The molecule has 2 nitrogen and oxygen atoms in total. The lowest BCUT2D eigenvalue weighted by atomic mass is 10.1. The van der Waals surface area contributed by atoms with Gasteiger partial charge in [0.2, 0.25) is 0 Å². The van der Waals surface area contributed by atoms with Gasteiger partial charge in [-0.2, -0.15) is 0 Å². The van der Waals surface area contributed by atoms with Crippen LogP contribution < -0.4 is 0 Å². The zero-order valence-electron chi connectivity index (χ0n) is 12.4. The van der Waals surface area contributed by atoms with Crippen molar-refractivity contribution < 1.29 is 4.79 Å². The number of nitrogens with zero attached hydrogens (tertiary/aromatic N) is 1. The fourth-order valence-electron chi connectivity index (χ4n) is 2.86. The van der Waals surface area contributed by atoms with Gasteiger partial charge in [0.25, 0.3) is 0 Å². The van der Waals surface area contributed by atoms with E-state index in [1.54, 1.807) is 0 Å². The van der Waals surface area contributed by atoms with Crippen molar-refractivity contribution in [1.82, 2.24) is 4.57 Å². The van der Waals surface area contributed by atoms with Crippen LogP contribution in [0.4, 0.5) is 0 Å². The number of ketones is 1. The lowest BCUT2D eigenvalue weighted by Crippen LogP contribution is -2.16. The molecule has 0 aliphatic heterocycles. The number of Topliss-reactive ketones (excluding diaryl/α,β-unsaturated/α-hetero) is 1. The molecule has 0 fully saturated rings. The largest absolute Gasteiger partial charge is 0.330 e. The number of carbonyl (C=O) groups is 1. The number of fused-ring (bicyclic) bond motifs is 1. The normalized spacial score (nSPS) is 12.5. The molecule has 1 atom stereocenters. The number of hydrogen-bond acceptors (Lipinski definition) is 1. The second-order valence-corrected chi connectivity index (χ2v) is 5.32. The molecule has 106 valence electrons. The van der Waals surface area contributed by atoms with Crippen molar-refractivity contribution in [2.45, 2.75) is 26.3 Å². The molecule has 0 N–H and O–H groups in total. The predicted molar refractivity (Wildman–Crippen MR) is 87.4 cm³/mol.